The summed E-state index contributed by atoms with van der Waals surface area (Å²) in [5.41, 5.74) is 7.95. The minimum Gasteiger partial charge on any atom is -0.370 e. The molecule has 0 fully saturated rings. The number of aromatic amines is 1. The highest BCUT2D eigenvalue weighted by atomic mass is 16.1. The second-order valence-corrected chi connectivity index (χ2v) is 5.49. The highest BCUT2D eigenvalue weighted by Gasteiger charge is 2.06. The van der Waals surface area contributed by atoms with Crippen LogP contribution in [0.3, 0.4) is 0 Å². The van der Waals surface area contributed by atoms with Crippen molar-refractivity contribution in [1.82, 2.24) is 15.3 Å². The summed E-state index contributed by atoms with van der Waals surface area (Å²) >= 11 is 0. The summed E-state index contributed by atoms with van der Waals surface area (Å²) in [6.45, 7) is 2.74. The van der Waals surface area contributed by atoms with Crippen LogP contribution < -0.4 is 11.1 Å². The van der Waals surface area contributed by atoms with Crippen molar-refractivity contribution in [3.8, 4) is 0 Å². The van der Waals surface area contributed by atoms with Crippen LogP contribution in [0.4, 0.5) is 0 Å². The number of H-pyrrole nitrogens is 1. The Morgan fingerprint density at radius 1 is 1.39 bits per heavy atom. The Bertz CT molecular complexity index is 622. The van der Waals surface area contributed by atoms with Crippen molar-refractivity contribution in [2.45, 2.75) is 32.1 Å². The van der Waals surface area contributed by atoms with E-state index in [-0.39, 0.29) is 11.9 Å². The molecule has 122 valence electrons. The number of imidazole rings is 1. The molecule has 2 aromatic rings. The summed E-state index contributed by atoms with van der Waals surface area (Å²) in [4.78, 5) is 22.8. The molecule has 0 bridgehead atoms. The Balaban J connectivity index is 1.69. The largest absolute Gasteiger partial charge is 0.370 e. The minimum absolute atomic E-state index is 0.142. The van der Waals surface area contributed by atoms with Crippen molar-refractivity contribution < 1.29 is 4.79 Å². The third-order valence-electron chi connectivity index (χ3n) is 3.66. The number of aromatic nitrogens is 2. The number of aliphatic imine (C=N–C) groups is 1. The monoisotopic (exact) mass is 313 g/mol. The van der Waals surface area contributed by atoms with E-state index in [9.17, 15) is 4.79 Å². The number of aryl methyl sites for hydroxylation is 1. The third-order valence-corrected chi connectivity index (χ3v) is 3.66. The third kappa shape index (κ3) is 5.94. The molecule has 0 spiro atoms. The molecule has 23 heavy (non-hydrogen) atoms. The van der Waals surface area contributed by atoms with Gasteiger partial charge in [-0.25, -0.2) is 4.98 Å². The molecule has 1 heterocycles. The van der Waals surface area contributed by atoms with E-state index in [4.69, 9.17) is 5.73 Å². The average Bonchev–Trinajstić information content (AvgIpc) is 3.07. The molecule has 6 heteroatoms. The number of carbonyl (C=O) groups excluding carboxylic acids is 1. The molecular formula is C17H23N5O. The number of benzene rings is 1. The van der Waals surface area contributed by atoms with Crippen LogP contribution in [-0.4, -0.2) is 28.4 Å². The van der Waals surface area contributed by atoms with Gasteiger partial charge in [-0.3, -0.25) is 15.1 Å². The normalized spacial score (nSPS) is 12.8. The highest BCUT2D eigenvalue weighted by Crippen LogP contribution is 2.17. The fraction of sp³-hybridized carbons (Fsp3) is 0.353. The van der Waals surface area contributed by atoms with Gasteiger partial charge in [-0.05, 0) is 24.3 Å². The smallest absolute Gasteiger partial charge is 0.227 e. The van der Waals surface area contributed by atoms with Crippen LogP contribution in [0.5, 0.6) is 0 Å². The standard InChI is InChI=1S/C17H23N5O/c1-13(14-5-3-2-4-6-14)9-10-20-17(18)22-16(23)8-7-15-11-19-12-21-15/h2-6,11-13H,7-10H2,1H3,(H,19,21)(H3,18,20,22,23). The zero-order valence-corrected chi connectivity index (χ0v) is 13.3. The topological polar surface area (TPSA) is 96.2 Å². The van der Waals surface area contributed by atoms with Crippen LogP contribution in [0.25, 0.3) is 0 Å². The summed E-state index contributed by atoms with van der Waals surface area (Å²) in [5, 5.41) is 2.61. The van der Waals surface area contributed by atoms with Crippen LogP contribution in [0.2, 0.25) is 0 Å². The predicted molar refractivity (Wildman–Crippen MR) is 91.0 cm³/mol. The average molecular weight is 313 g/mol. The molecule has 1 unspecified atom stereocenters. The number of guanidine groups is 1. The van der Waals surface area contributed by atoms with Crippen LogP contribution in [0.1, 0.15) is 36.9 Å². The number of nitrogens with two attached hydrogens (primary N) is 1. The number of hydrogen-bond donors (Lipinski definition) is 3. The van der Waals surface area contributed by atoms with Gasteiger partial charge in [0.15, 0.2) is 5.96 Å². The van der Waals surface area contributed by atoms with Gasteiger partial charge in [-0.15, -0.1) is 0 Å². The van der Waals surface area contributed by atoms with E-state index in [2.05, 4.69) is 39.3 Å². The van der Waals surface area contributed by atoms with Gasteiger partial charge in [0.1, 0.15) is 0 Å². The van der Waals surface area contributed by atoms with Gasteiger partial charge in [-0.1, -0.05) is 37.3 Å². The lowest BCUT2D eigenvalue weighted by atomic mass is 9.98. The van der Waals surface area contributed by atoms with E-state index >= 15 is 0 Å². The molecule has 0 saturated carbocycles. The van der Waals surface area contributed by atoms with Gasteiger partial charge >= 0.3 is 0 Å². The second-order valence-electron chi connectivity index (χ2n) is 5.49. The Hall–Kier alpha value is -2.63. The van der Waals surface area contributed by atoms with E-state index in [1.54, 1.807) is 12.5 Å². The van der Waals surface area contributed by atoms with Crippen LogP contribution in [0, 0.1) is 0 Å². The van der Waals surface area contributed by atoms with Gasteiger partial charge in [0.2, 0.25) is 5.91 Å². The molecule has 4 N–H and O–H groups in total. The van der Waals surface area contributed by atoms with E-state index in [0.29, 0.717) is 25.3 Å². The van der Waals surface area contributed by atoms with Crippen LogP contribution >= 0.6 is 0 Å². The molecular weight excluding hydrogens is 290 g/mol. The first kappa shape index (κ1) is 16.7. The highest BCUT2D eigenvalue weighted by molar-refractivity contribution is 5.96. The number of rotatable bonds is 7. The van der Waals surface area contributed by atoms with E-state index in [1.807, 2.05) is 18.2 Å². The number of carbonyl (C=O) groups is 1. The van der Waals surface area contributed by atoms with Crippen molar-refractivity contribution in [2.75, 3.05) is 6.54 Å². The zero-order chi connectivity index (χ0) is 16.5. The summed E-state index contributed by atoms with van der Waals surface area (Å²) in [5.74, 6) is 0.445. The maximum Gasteiger partial charge on any atom is 0.227 e. The maximum atomic E-state index is 11.8. The lowest BCUT2D eigenvalue weighted by molar-refractivity contribution is -0.119. The van der Waals surface area contributed by atoms with Crippen molar-refractivity contribution >= 4 is 11.9 Å². The number of amides is 1. The summed E-state index contributed by atoms with van der Waals surface area (Å²) in [7, 11) is 0. The first-order chi connectivity index (χ1) is 11.1. The molecule has 1 amide bonds. The molecule has 0 aliphatic carbocycles. The van der Waals surface area contributed by atoms with Crippen LogP contribution in [-0.2, 0) is 11.2 Å². The maximum absolute atomic E-state index is 11.8. The molecule has 1 atom stereocenters. The number of nitrogens with one attached hydrogen (secondary N) is 2. The Labute approximate surface area is 136 Å². The van der Waals surface area contributed by atoms with E-state index in [0.717, 1.165) is 12.1 Å². The van der Waals surface area contributed by atoms with Crippen molar-refractivity contribution in [3.63, 3.8) is 0 Å². The first-order valence-corrected chi connectivity index (χ1v) is 7.77. The molecule has 0 saturated heterocycles. The molecule has 0 aliphatic rings. The molecule has 0 radical (unpaired) electrons. The van der Waals surface area contributed by atoms with E-state index in [1.165, 1.54) is 5.56 Å². The quantitative estimate of drug-likeness (QED) is 0.538. The summed E-state index contributed by atoms with van der Waals surface area (Å²) < 4.78 is 0. The molecule has 6 nitrogen and oxygen atoms in total. The lowest BCUT2D eigenvalue weighted by Gasteiger charge is -2.10. The van der Waals surface area contributed by atoms with Gasteiger partial charge < -0.3 is 10.7 Å². The first-order valence-electron chi connectivity index (χ1n) is 7.77. The summed E-state index contributed by atoms with van der Waals surface area (Å²) in [6.07, 6.45) is 5.13. The summed E-state index contributed by atoms with van der Waals surface area (Å²) in [6, 6.07) is 10.3. The lowest BCUT2D eigenvalue weighted by Crippen LogP contribution is -2.37. The predicted octanol–water partition coefficient (Wildman–Crippen LogP) is 1.97. The van der Waals surface area contributed by atoms with E-state index < -0.39 is 0 Å². The Morgan fingerprint density at radius 2 is 2.17 bits per heavy atom. The molecule has 1 aromatic heterocycles. The van der Waals surface area contributed by atoms with Gasteiger partial charge in [0, 0.05) is 24.9 Å². The fourth-order valence-electron chi connectivity index (χ4n) is 2.24. The number of nitrogens with zero attached hydrogens (tertiary/aromatic N) is 2. The number of hydrogen-bond acceptors (Lipinski definition) is 3. The van der Waals surface area contributed by atoms with Gasteiger partial charge in [0.25, 0.3) is 0 Å². The van der Waals surface area contributed by atoms with Gasteiger partial charge in [-0.2, -0.15) is 0 Å². The van der Waals surface area contributed by atoms with Crippen molar-refractivity contribution in [1.29, 1.82) is 0 Å². The van der Waals surface area contributed by atoms with Crippen molar-refractivity contribution in [3.05, 3.63) is 54.1 Å². The van der Waals surface area contributed by atoms with Gasteiger partial charge in [0.05, 0.1) is 6.33 Å². The molecule has 0 aliphatic heterocycles. The van der Waals surface area contributed by atoms with Crippen molar-refractivity contribution in [2.24, 2.45) is 10.7 Å². The molecule has 2 rings (SSSR count). The second kappa shape index (κ2) is 8.73. The fourth-order valence-corrected chi connectivity index (χ4v) is 2.24. The zero-order valence-electron chi connectivity index (χ0n) is 13.3. The Kier molecular flexibility index (Phi) is 6.35. The molecule has 1 aromatic carbocycles. The van der Waals surface area contributed by atoms with Crippen LogP contribution in [0.15, 0.2) is 47.8 Å². The Morgan fingerprint density at radius 3 is 2.87 bits per heavy atom. The SMILES string of the molecule is CC(CCN=C(N)NC(=O)CCc1cnc[nH]1)c1ccccc1. The minimum atomic E-state index is -0.142.